The largest absolute Gasteiger partial charge is 0.381 e. The van der Waals surface area contributed by atoms with E-state index in [9.17, 15) is 0 Å². The first kappa shape index (κ1) is 13.6. The molecule has 3 aliphatic rings. The van der Waals surface area contributed by atoms with Crippen molar-refractivity contribution < 1.29 is 4.74 Å². The minimum Gasteiger partial charge on any atom is -0.381 e. The lowest BCUT2D eigenvalue weighted by Gasteiger charge is -2.37. The summed E-state index contributed by atoms with van der Waals surface area (Å²) in [5.41, 5.74) is 0. The average Bonchev–Trinajstić information content (AvgIpc) is 2.95. The topological polar surface area (TPSA) is 15.7 Å². The van der Waals surface area contributed by atoms with E-state index in [2.05, 4.69) is 22.0 Å². The summed E-state index contributed by atoms with van der Waals surface area (Å²) in [6.45, 7) is 9.64. The fraction of sp³-hybridized carbons (Fsp3) is 0.875. The Labute approximate surface area is 117 Å². The van der Waals surface area contributed by atoms with Crippen LogP contribution in [0.2, 0.25) is 0 Å². The Hall–Kier alpha value is -0.380. The number of rotatable bonds is 4. The zero-order valence-electron chi connectivity index (χ0n) is 12.1. The van der Waals surface area contributed by atoms with Crippen molar-refractivity contribution in [2.75, 3.05) is 52.5 Å². The molecule has 2 aliphatic heterocycles. The Morgan fingerprint density at radius 3 is 2.21 bits per heavy atom. The van der Waals surface area contributed by atoms with Gasteiger partial charge in [-0.15, -0.1) is 0 Å². The zero-order valence-corrected chi connectivity index (χ0v) is 12.1. The van der Waals surface area contributed by atoms with Gasteiger partial charge in [-0.2, -0.15) is 0 Å². The highest BCUT2D eigenvalue weighted by Gasteiger charge is 2.23. The number of piperazine rings is 1. The van der Waals surface area contributed by atoms with E-state index in [1.807, 2.05) is 0 Å². The van der Waals surface area contributed by atoms with Crippen LogP contribution in [0.25, 0.3) is 0 Å². The summed E-state index contributed by atoms with van der Waals surface area (Å²) < 4.78 is 5.48. The van der Waals surface area contributed by atoms with Crippen LogP contribution in [-0.2, 0) is 4.74 Å². The molecule has 0 unspecified atom stereocenters. The highest BCUT2D eigenvalue weighted by molar-refractivity contribution is 4.91. The van der Waals surface area contributed by atoms with Gasteiger partial charge in [0.2, 0.25) is 0 Å². The molecule has 2 atom stereocenters. The molecule has 2 fully saturated rings. The van der Waals surface area contributed by atoms with E-state index >= 15 is 0 Å². The van der Waals surface area contributed by atoms with E-state index in [1.165, 1.54) is 65.0 Å². The number of ether oxygens (including phenoxy) is 1. The van der Waals surface area contributed by atoms with E-state index in [0.717, 1.165) is 25.0 Å². The average molecular weight is 264 g/mol. The summed E-state index contributed by atoms with van der Waals surface area (Å²) in [6.07, 6.45) is 10.00. The summed E-state index contributed by atoms with van der Waals surface area (Å²) in [5, 5.41) is 0. The second-order valence-corrected chi connectivity index (χ2v) is 6.48. The van der Waals surface area contributed by atoms with Gasteiger partial charge in [0.25, 0.3) is 0 Å². The normalized spacial score (nSPS) is 33.9. The van der Waals surface area contributed by atoms with Gasteiger partial charge in [-0.1, -0.05) is 12.2 Å². The number of hydrogen-bond acceptors (Lipinski definition) is 3. The molecule has 3 nitrogen and oxygen atoms in total. The van der Waals surface area contributed by atoms with Crippen molar-refractivity contribution in [2.45, 2.75) is 25.7 Å². The van der Waals surface area contributed by atoms with Gasteiger partial charge < -0.3 is 14.5 Å². The minimum absolute atomic E-state index is 0.801. The van der Waals surface area contributed by atoms with Crippen molar-refractivity contribution in [3.63, 3.8) is 0 Å². The molecule has 0 bridgehead atoms. The third kappa shape index (κ3) is 4.04. The summed E-state index contributed by atoms with van der Waals surface area (Å²) in [7, 11) is 0. The van der Waals surface area contributed by atoms with E-state index in [4.69, 9.17) is 4.74 Å². The van der Waals surface area contributed by atoms with Crippen LogP contribution in [0.3, 0.4) is 0 Å². The molecular weight excluding hydrogens is 236 g/mol. The van der Waals surface area contributed by atoms with Crippen molar-refractivity contribution in [2.24, 2.45) is 11.8 Å². The van der Waals surface area contributed by atoms with Crippen molar-refractivity contribution in [1.82, 2.24) is 9.80 Å². The Morgan fingerprint density at radius 1 is 0.895 bits per heavy atom. The lowest BCUT2D eigenvalue weighted by Crippen LogP contribution is -2.49. The first-order chi connectivity index (χ1) is 9.40. The second-order valence-electron chi connectivity index (χ2n) is 6.48. The molecule has 19 heavy (non-hydrogen) atoms. The molecule has 0 aromatic rings. The SMILES string of the molecule is C1=CC[C@H](CN2CCN(C[C@@H]3CCOC3)CC2)CC1. The molecule has 3 rings (SSSR count). The van der Waals surface area contributed by atoms with Crippen molar-refractivity contribution in [1.29, 1.82) is 0 Å². The third-order valence-electron chi connectivity index (χ3n) is 4.90. The van der Waals surface area contributed by atoms with E-state index in [1.54, 1.807) is 0 Å². The van der Waals surface area contributed by atoms with Gasteiger partial charge in [-0.05, 0) is 37.5 Å². The first-order valence-electron chi connectivity index (χ1n) is 8.07. The van der Waals surface area contributed by atoms with Crippen LogP contribution in [0.1, 0.15) is 25.7 Å². The van der Waals surface area contributed by atoms with Gasteiger partial charge >= 0.3 is 0 Å². The Balaban J connectivity index is 1.35. The van der Waals surface area contributed by atoms with Crippen LogP contribution in [0.4, 0.5) is 0 Å². The van der Waals surface area contributed by atoms with Crippen LogP contribution in [0, 0.1) is 11.8 Å². The zero-order chi connectivity index (χ0) is 12.9. The van der Waals surface area contributed by atoms with E-state index < -0.39 is 0 Å². The molecule has 0 saturated carbocycles. The van der Waals surface area contributed by atoms with Crippen LogP contribution in [-0.4, -0.2) is 62.3 Å². The van der Waals surface area contributed by atoms with Gasteiger partial charge in [0, 0.05) is 45.9 Å². The minimum atomic E-state index is 0.801. The predicted octanol–water partition coefficient (Wildman–Crippen LogP) is 2.00. The first-order valence-corrected chi connectivity index (χ1v) is 8.07. The molecule has 0 amide bonds. The molecule has 2 heterocycles. The van der Waals surface area contributed by atoms with Gasteiger partial charge in [-0.3, -0.25) is 0 Å². The van der Waals surface area contributed by atoms with Gasteiger partial charge in [0.15, 0.2) is 0 Å². The molecule has 0 spiro atoms. The van der Waals surface area contributed by atoms with Crippen LogP contribution in [0.15, 0.2) is 12.2 Å². The van der Waals surface area contributed by atoms with Gasteiger partial charge in [0.1, 0.15) is 0 Å². The van der Waals surface area contributed by atoms with Gasteiger partial charge in [-0.25, -0.2) is 0 Å². The highest BCUT2D eigenvalue weighted by atomic mass is 16.5. The Morgan fingerprint density at radius 2 is 1.63 bits per heavy atom. The predicted molar refractivity (Wildman–Crippen MR) is 78.3 cm³/mol. The van der Waals surface area contributed by atoms with Crippen molar-refractivity contribution >= 4 is 0 Å². The summed E-state index contributed by atoms with van der Waals surface area (Å²) >= 11 is 0. The lowest BCUT2D eigenvalue weighted by atomic mass is 9.94. The molecular formula is C16H28N2O. The molecule has 0 radical (unpaired) electrons. The fourth-order valence-corrected chi connectivity index (χ4v) is 3.63. The maximum absolute atomic E-state index is 5.48. The molecule has 108 valence electrons. The molecule has 3 heteroatoms. The van der Waals surface area contributed by atoms with Crippen LogP contribution >= 0.6 is 0 Å². The van der Waals surface area contributed by atoms with E-state index in [-0.39, 0.29) is 0 Å². The Kier molecular flexibility index (Phi) is 4.91. The number of nitrogens with zero attached hydrogens (tertiary/aromatic N) is 2. The molecule has 1 aliphatic carbocycles. The monoisotopic (exact) mass is 264 g/mol. The van der Waals surface area contributed by atoms with Crippen LogP contribution < -0.4 is 0 Å². The fourth-order valence-electron chi connectivity index (χ4n) is 3.63. The third-order valence-corrected chi connectivity index (χ3v) is 4.90. The summed E-state index contributed by atoms with van der Waals surface area (Å²) in [5.74, 6) is 1.72. The molecule has 0 aromatic carbocycles. The molecule has 0 aromatic heterocycles. The maximum Gasteiger partial charge on any atom is 0.0507 e. The van der Waals surface area contributed by atoms with Crippen molar-refractivity contribution in [3.05, 3.63) is 12.2 Å². The highest BCUT2D eigenvalue weighted by Crippen LogP contribution is 2.20. The van der Waals surface area contributed by atoms with Gasteiger partial charge in [0.05, 0.1) is 6.61 Å². The standard InChI is InChI=1S/C16H28N2O/c1-2-4-15(5-3-1)12-17-7-9-18(10-8-17)13-16-6-11-19-14-16/h1-2,15-16H,3-14H2/t15-,16-/m0/s1. The smallest absolute Gasteiger partial charge is 0.0507 e. The molecule has 2 saturated heterocycles. The summed E-state index contributed by atoms with van der Waals surface area (Å²) in [6, 6.07) is 0. The van der Waals surface area contributed by atoms with E-state index in [0.29, 0.717) is 0 Å². The van der Waals surface area contributed by atoms with Crippen molar-refractivity contribution in [3.8, 4) is 0 Å². The number of hydrogen-bond donors (Lipinski definition) is 0. The molecule has 0 N–H and O–H groups in total. The Bertz CT molecular complexity index is 291. The lowest BCUT2D eigenvalue weighted by molar-refractivity contribution is 0.0988. The number of allylic oxidation sites excluding steroid dienone is 2. The quantitative estimate of drug-likeness (QED) is 0.722. The van der Waals surface area contributed by atoms with Crippen LogP contribution in [0.5, 0.6) is 0 Å². The summed E-state index contributed by atoms with van der Waals surface area (Å²) in [4.78, 5) is 5.34. The second kappa shape index (κ2) is 6.87. The maximum atomic E-state index is 5.48.